The average molecular weight is 391 g/mol. The van der Waals surface area contributed by atoms with Crippen LogP contribution in [-0.2, 0) is 4.74 Å². The Labute approximate surface area is 168 Å². The summed E-state index contributed by atoms with van der Waals surface area (Å²) in [7, 11) is 1.75. The van der Waals surface area contributed by atoms with E-state index in [1.165, 1.54) is 0 Å². The number of piperidine rings is 1. The number of carbonyl (C=O) groups is 2. The van der Waals surface area contributed by atoms with Crippen LogP contribution < -0.4 is 5.32 Å². The van der Waals surface area contributed by atoms with Crippen molar-refractivity contribution >= 4 is 17.8 Å². The first-order valence-corrected chi connectivity index (χ1v) is 10.0. The molecule has 7 heteroatoms. The highest BCUT2D eigenvalue weighted by Crippen LogP contribution is 2.22. The molecule has 0 saturated carbocycles. The maximum atomic E-state index is 13.1. The minimum atomic E-state index is -0.514. The van der Waals surface area contributed by atoms with E-state index in [4.69, 9.17) is 4.74 Å². The molecule has 1 fully saturated rings. The molecule has 1 unspecified atom stereocenters. The van der Waals surface area contributed by atoms with Crippen molar-refractivity contribution in [3.05, 3.63) is 23.9 Å². The Kier molecular flexibility index (Phi) is 7.27. The SMILES string of the molecule is CC(C)Nc1ncccc1C(=O)N1CCCC(CN(C)C(=O)OC(C)(C)C)C1. The molecule has 1 aliphatic heterocycles. The molecular weight excluding hydrogens is 356 g/mol. The molecule has 2 heterocycles. The van der Waals surface area contributed by atoms with Gasteiger partial charge in [0.1, 0.15) is 11.4 Å². The molecule has 1 aromatic rings. The van der Waals surface area contributed by atoms with Crippen LogP contribution in [0.25, 0.3) is 0 Å². The van der Waals surface area contributed by atoms with Crippen LogP contribution >= 0.6 is 0 Å². The zero-order valence-corrected chi connectivity index (χ0v) is 18.0. The van der Waals surface area contributed by atoms with Crippen molar-refractivity contribution < 1.29 is 14.3 Å². The number of pyridine rings is 1. The number of nitrogens with one attached hydrogen (secondary N) is 1. The first kappa shape index (κ1) is 22.0. The molecule has 1 aromatic heterocycles. The van der Waals surface area contributed by atoms with Crippen LogP contribution in [0.3, 0.4) is 0 Å². The van der Waals surface area contributed by atoms with Gasteiger partial charge in [0, 0.05) is 38.9 Å². The van der Waals surface area contributed by atoms with Crippen LogP contribution in [0.5, 0.6) is 0 Å². The molecule has 0 aliphatic carbocycles. The molecular formula is C21H34N4O3. The Bertz CT molecular complexity index is 684. The topological polar surface area (TPSA) is 74.8 Å². The highest BCUT2D eigenvalue weighted by Gasteiger charge is 2.29. The number of hydrogen-bond acceptors (Lipinski definition) is 5. The van der Waals surface area contributed by atoms with E-state index in [0.29, 0.717) is 24.5 Å². The first-order chi connectivity index (χ1) is 13.1. The Morgan fingerprint density at radius 2 is 2.11 bits per heavy atom. The zero-order chi connectivity index (χ0) is 20.9. The maximum absolute atomic E-state index is 13.1. The van der Waals surface area contributed by atoms with Crippen LogP contribution in [0.15, 0.2) is 18.3 Å². The normalized spacial score (nSPS) is 17.4. The second kappa shape index (κ2) is 9.26. The second-order valence-corrected chi connectivity index (χ2v) is 8.82. The molecule has 156 valence electrons. The van der Waals surface area contributed by atoms with Crippen molar-refractivity contribution in [2.24, 2.45) is 5.92 Å². The van der Waals surface area contributed by atoms with Gasteiger partial charge in [0.05, 0.1) is 5.56 Å². The number of aromatic nitrogens is 1. The van der Waals surface area contributed by atoms with Crippen molar-refractivity contribution in [1.82, 2.24) is 14.8 Å². The van der Waals surface area contributed by atoms with Gasteiger partial charge in [-0.3, -0.25) is 4.79 Å². The average Bonchev–Trinajstić information content (AvgIpc) is 2.60. The molecule has 0 spiro atoms. The lowest BCUT2D eigenvalue weighted by atomic mass is 9.97. The molecule has 2 amide bonds. The third kappa shape index (κ3) is 6.39. The van der Waals surface area contributed by atoms with Crippen molar-refractivity contribution in [2.75, 3.05) is 32.0 Å². The predicted octanol–water partition coefficient (Wildman–Crippen LogP) is 3.62. The summed E-state index contributed by atoms with van der Waals surface area (Å²) in [5, 5.41) is 3.25. The smallest absolute Gasteiger partial charge is 0.410 e. The number of likely N-dealkylation sites (tertiary alicyclic amines) is 1. The van der Waals surface area contributed by atoms with Crippen LogP contribution in [0.2, 0.25) is 0 Å². The summed E-state index contributed by atoms with van der Waals surface area (Å²) in [6.07, 6.45) is 3.27. The first-order valence-electron chi connectivity index (χ1n) is 10.0. The molecule has 0 radical (unpaired) electrons. The fourth-order valence-electron chi connectivity index (χ4n) is 3.34. The van der Waals surface area contributed by atoms with Gasteiger partial charge in [-0.25, -0.2) is 9.78 Å². The van der Waals surface area contributed by atoms with Gasteiger partial charge < -0.3 is 19.9 Å². The van der Waals surface area contributed by atoms with Gasteiger partial charge in [-0.2, -0.15) is 0 Å². The van der Waals surface area contributed by atoms with Gasteiger partial charge in [0.15, 0.2) is 0 Å². The molecule has 0 aromatic carbocycles. The molecule has 1 atom stereocenters. The molecule has 2 rings (SSSR count). The summed E-state index contributed by atoms with van der Waals surface area (Å²) < 4.78 is 5.43. The summed E-state index contributed by atoms with van der Waals surface area (Å²) in [6.45, 7) is 11.5. The number of nitrogens with zero attached hydrogens (tertiary/aromatic N) is 3. The molecule has 0 bridgehead atoms. The number of hydrogen-bond donors (Lipinski definition) is 1. The van der Waals surface area contributed by atoms with E-state index in [9.17, 15) is 9.59 Å². The lowest BCUT2D eigenvalue weighted by Gasteiger charge is -2.35. The van der Waals surface area contributed by atoms with E-state index in [1.807, 2.05) is 45.6 Å². The minimum absolute atomic E-state index is 0.0131. The van der Waals surface area contributed by atoms with Crippen LogP contribution in [0.1, 0.15) is 57.8 Å². The quantitative estimate of drug-likeness (QED) is 0.831. The van der Waals surface area contributed by atoms with Gasteiger partial charge in [-0.1, -0.05) is 0 Å². The maximum Gasteiger partial charge on any atom is 0.410 e. The van der Waals surface area contributed by atoms with Gasteiger partial charge in [0.2, 0.25) is 0 Å². The number of carbonyl (C=O) groups excluding carboxylic acids is 2. The van der Waals surface area contributed by atoms with Gasteiger partial charge in [-0.05, 0) is 65.5 Å². The van der Waals surface area contributed by atoms with Crippen LogP contribution in [-0.4, -0.2) is 65.1 Å². The van der Waals surface area contributed by atoms with Gasteiger partial charge in [-0.15, -0.1) is 0 Å². The van der Waals surface area contributed by atoms with E-state index in [1.54, 1.807) is 24.2 Å². The van der Waals surface area contributed by atoms with E-state index in [0.717, 1.165) is 19.4 Å². The summed E-state index contributed by atoms with van der Waals surface area (Å²) in [5.41, 5.74) is 0.0809. The van der Waals surface area contributed by atoms with E-state index in [2.05, 4.69) is 10.3 Å². The Hall–Kier alpha value is -2.31. The monoisotopic (exact) mass is 390 g/mol. The summed E-state index contributed by atoms with van der Waals surface area (Å²) in [6, 6.07) is 3.80. The van der Waals surface area contributed by atoms with Gasteiger partial charge >= 0.3 is 6.09 Å². The third-order valence-corrected chi connectivity index (χ3v) is 4.51. The van der Waals surface area contributed by atoms with Crippen LogP contribution in [0, 0.1) is 5.92 Å². The largest absolute Gasteiger partial charge is 0.444 e. The van der Waals surface area contributed by atoms with Crippen molar-refractivity contribution in [1.29, 1.82) is 0 Å². The van der Waals surface area contributed by atoms with E-state index >= 15 is 0 Å². The van der Waals surface area contributed by atoms with E-state index in [-0.39, 0.29) is 24.0 Å². The standard InChI is InChI=1S/C21H34N4O3/c1-15(2)23-18-17(10-7-11-22-18)19(26)25-12-8-9-16(14-25)13-24(6)20(27)28-21(3,4)5/h7,10-11,15-16H,8-9,12-14H2,1-6H3,(H,22,23). The molecule has 28 heavy (non-hydrogen) atoms. The number of anilines is 1. The fourth-order valence-corrected chi connectivity index (χ4v) is 3.34. The van der Waals surface area contributed by atoms with Crippen molar-refractivity contribution in [3.8, 4) is 0 Å². The zero-order valence-electron chi connectivity index (χ0n) is 18.0. The van der Waals surface area contributed by atoms with Crippen LogP contribution in [0.4, 0.5) is 10.6 Å². The number of ether oxygens (including phenoxy) is 1. The predicted molar refractivity (Wildman–Crippen MR) is 110 cm³/mol. The Balaban J connectivity index is 2.01. The van der Waals surface area contributed by atoms with Crippen molar-refractivity contribution in [3.63, 3.8) is 0 Å². The molecule has 7 nitrogen and oxygen atoms in total. The Morgan fingerprint density at radius 1 is 1.39 bits per heavy atom. The number of amides is 2. The third-order valence-electron chi connectivity index (χ3n) is 4.51. The Morgan fingerprint density at radius 3 is 2.75 bits per heavy atom. The lowest BCUT2D eigenvalue weighted by Crippen LogP contribution is -2.45. The number of rotatable bonds is 5. The second-order valence-electron chi connectivity index (χ2n) is 8.82. The molecule has 1 saturated heterocycles. The summed E-state index contributed by atoms with van der Waals surface area (Å²) in [5.74, 6) is 0.838. The van der Waals surface area contributed by atoms with Gasteiger partial charge in [0.25, 0.3) is 5.91 Å². The van der Waals surface area contributed by atoms with Crippen molar-refractivity contribution in [2.45, 2.75) is 59.1 Å². The molecule has 1 aliphatic rings. The fraction of sp³-hybridized carbons (Fsp3) is 0.667. The highest BCUT2D eigenvalue weighted by atomic mass is 16.6. The highest BCUT2D eigenvalue weighted by molar-refractivity contribution is 5.98. The van der Waals surface area contributed by atoms with E-state index < -0.39 is 5.60 Å². The molecule has 1 N–H and O–H groups in total. The minimum Gasteiger partial charge on any atom is -0.444 e. The summed E-state index contributed by atoms with van der Waals surface area (Å²) >= 11 is 0. The summed E-state index contributed by atoms with van der Waals surface area (Å²) in [4.78, 5) is 33.1. The lowest BCUT2D eigenvalue weighted by molar-refractivity contribution is 0.0244.